The summed E-state index contributed by atoms with van der Waals surface area (Å²) in [6.45, 7) is 1.80. The van der Waals surface area contributed by atoms with Crippen LogP contribution in [0.1, 0.15) is 13.3 Å². The number of rotatable bonds is 4. The highest BCUT2D eigenvalue weighted by atomic mass is 16.4. The van der Waals surface area contributed by atoms with Crippen molar-refractivity contribution in [3.05, 3.63) is 18.6 Å². The molecule has 1 heterocycles. The number of aliphatic carboxylic acids is 1. The molecule has 0 aliphatic rings. The van der Waals surface area contributed by atoms with E-state index in [1.54, 1.807) is 19.2 Å². The summed E-state index contributed by atoms with van der Waals surface area (Å²) in [5.41, 5.74) is 0. The Morgan fingerprint density at radius 1 is 1.77 bits per heavy atom. The third-order valence-corrected chi connectivity index (χ3v) is 1.61. The first kappa shape index (κ1) is 9.44. The van der Waals surface area contributed by atoms with Gasteiger partial charge in [-0.25, -0.2) is 14.8 Å². The first-order chi connectivity index (χ1) is 6.24. The standard InChI is InChI=1S/C8H11N3O2/c1-2-6(8(12)13)11-7-3-4-9-5-10-7/h3-6H,2H2,1H3,(H,12,13)(H,9,10,11). The van der Waals surface area contributed by atoms with E-state index in [2.05, 4.69) is 15.3 Å². The summed E-state index contributed by atoms with van der Waals surface area (Å²) in [7, 11) is 0. The van der Waals surface area contributed by atoms with E-state index in [-0.39, 0.29) is 0 Å². The zero-order valence-electron chi connectivity index (χ0n) is 7.27. The summed E-state index contributed by atoms with van der Waals surface area (Å²) in [5.74, 6) is -0.342. The highest BCUT2D eigenvalue weighted by Crippen LogP contribution is 2.03. The molecule has 1 rings (SSSR count). The quantitative estimate of drug-likeness (QED) is 0.717. The molecule has 0 radical (unpaired) electrons. The van der Waals surface area contributed by atoms with Crippen molar-refractivity contribution in [3.8, 4) is 0 Å². The lowest BCUT2D eigenvalue weighted by atomic mass is 10.2. The van der Waals surface area contributed by atoms with Gasteiger partial charge in [-0.15, -0.1) is 0 Å². The van der Waals surface area contributed by atoms with Gasteiger partial charge in [-0.3, -0.25) is 0 Å². The Kier molecular flexibility index (Phi) is 3.19. The lowest BCUT2D eigenvalue weighted by Gasteiger charge is -2.11. The van der Waals surface area contributed by atoms with Crippen molar-refractivity contribution < 1.29 is 9.90 Å². The van der Waals surface area contributed by atoms with Crippen LogP contribution in [-0.4, -0.2) is 27.1 Å². The molecule has 1 aromatic heterocycles. The molecule has 5 nitrogen and oxygen atoms in total. The average Bonchev–Trinajstić information content (AvgIpc) is 2.15. The molecule has 0 bridgehead atoms. The Morgan fingerprint density at radius 3 is 3.00 bits per heavy atom. The predicted octanol–water partition coefficient (Wildman–Crippen LogP) is 0.752. The Bertz CT molecular complexity index is 276. The molecule has 0 spiro atoms. The smallest absolute Gasteiger partial charge is 0.326 e. The topological polar surface area (TPSA) is 75.1 Å². The number of carbonyl (C=O) groups is 1. The van der Waals surface area contributed by atoms with Gasteiger partial charge in [0.2, 0.25) is 0 Å². The summed E-state index contributed by atoms with van der Waals surface area (Å²) in [4.78, 5) is 18.2. The van der Waals surface area contributed by atoms with Crippen LogP contribution in [0.25, 0.3) is 0 Å². The van der Waals surface area contributed by atoms with Gasteiger partial charge in [0.05, 0.1) is 0 Å². The van der Waals surface area contributed by atoms with E-state index in [4.69, 9.17) is 5.11 Å². The van der Waals surface area contributed by atoms with E-state index < -0.39 is 12.0 Å². The van der Waals surface area contributed by atoms with Crippen LogP contribution in [0.3, 0.4) is 0 Å². The molecule has 0 aliphatic heterocycles. The van der Waals surface area contributed by atoms with Crippen molar-refractivity contribution in [2.24, 2.45) is 0 Å². The maximum absolute atomic E-state index is 10.6. The molecular weight excluding hydrogens is 170 g/mol. The van der Waals surface area contributed by atoms with E-state index in [9.17, 15) is 4.79 Å². The fourth-order valence-corrected chi connectivity index (χ4v) is 0.893. The fraction of sp³-hybridized carbons (Fsp3) is 0.375. The molecule has 1 atom stereocenters. The Morgan fingerprint density at radius 2 is 2.54 bits per heavy atom. The lowest BCUT2D eigenvalue weighted by molar-refractivity contribution is -0.137. The maximum Gasteiger partial charge on any atom is 0.326 e. The number of hydrogen-bond acceptors (Lipinski definition) is 4. The van der Waals surface area contributed by atoms with Crippen molar-refractivity contribution >= 4 is 11.8 Å². The molecule has 0 saturated heterocycles. The largest absolute Gasteiger partial charge is 0.480 e. The van der Waals surface area contributed by atoms with Crippen LogP contribution in [0.4, 0.5) is 5.82 Å². The van der Waals surface area contributed by atoms with Gasteiger partial charge in [-0.2, -0.15) is 0 Å². The summed E-state index contributed by atoms with van der Waals surface area (Å²) in [6, 6.07) is 1.04. The summed E-state index contributed by atoms with van der Waals surface area (Å²) < 4.78 is 0. The molecule has 70 valence electrons. The lowest BCUT2D eigenvalue weighted by Crippen LogP contribution is -2.28. The van der Waals surface area contributed by atoms with E-state index in [1.165, 1.54) is 6.33 Å². The SMILES string of the molecule is CCC(Nc1ccncn1)C(=O)O. The Balaban J connectivity index is 2.62. The van der Waals surface area contributed by atoms with Gasteiger partial charge in [0.25, 0.3) is 0 Å². The molecule has 0 aliphatic carbocycles. The molecule has 0 saturated carbocycles. The highest BCUT2D eigenvalue weighted by molar-refractivity contribution is 5.76. The second kappa shape index (κ2) is 4.39. The first-order valence-corrected chi connectivity index (χ1v) is 3.99. The van der Waals surface area contributed by atoms with Gasteiger partial charge in [0.1, 0.15) is 18.2 Å². The van der Waals surface area contributed by atoms with Crippen molar-refractivity contribution in [3.63, 3.8) is 0 Å². The van der Waals surface area contributed by atoms with Crippen LogP contribution < -0.4 is 5.32 Å². The molecule has 5 heteroatoms. The highest BCUT2D eigenvalue weighted by Gasteiger charge is 2.14. The third kappa shape index (κ3) is 2.70. The number of carboxylic acid groups (broad SMARTS) is 1. The minimum atomic E-state index is -0.874. The molecule has 0 amide bonds. The molecule has 0 aromatic carbocycles. The molecule has 1 unspecified atom stereocenters. The van der Waals surface area contributed by atoms with Gasteiger partial charge in [-0.05, 0) is 12.5 Å². The van der Waals surface area contributed by atoms with Gasteiger partial charge < -0.3 is 10.4 Å². The normalized spacial score (nSPS) is 12.1. The van der Waals surface area contributed by atoms with E-state index in [0.717, 1.165) is 0 Å². The number of carboxylic acids is 1. The van der Waals surface area contributed by atoms with Crippen LogP contribution in [0.2, 0.25) is 0 Å². The number of nitrogens with zero attached hydrogens (tertiary/aromatic N) is 2. The molecule has 1 aromatic rings. The van der Waals surface area contributed by atoms with E-state index in [1.807, 2.05) is 0 Å². The van der Waals surface area contributed by atoms with Gasteiger partial charge in [0, 0.05) is 6.20 Å². The van der Waals surface area contributed by atoms with Crippen LogP contribution in [0, 0.1) is 0 Å². The summed E-state index contributed by atoms with van der Waals surface area (Å²) in [6.07, 6.45) is 3.44. The second-order valence-corrected chi connectivity index (χ2v) is 2.54. The van der Waals surface area contributed by atoms with Crippen molar-refractivity contribution in [2.45, 2.75) is 19.4 Å². The molecular formula is C8H11N3O2. The van der Waals surface area contributed by atoms with Crippen molar-refractivity contribution in [1.82, 2.24) is 9.97 Å². The fourth-order valence-electron chi connectivity index (χ4n) is 0.893. The van der Waals surface area contributed by atoms with Crippen molar-refractivity contribution in [2.75, 3.05) is 5.32 Å². The summed E-state index contributed by atoms with van der Waals surface area (Å²) >= 11 is 0. The van der Waals surface area contributed by atoms with Gasteiger partial charge in [-0.1, -0.05) is 6.92 Å². The number of anilines is 1. The molecule has 13 heavy (non-hydrogen) atoms. The third-order valence-electron chi connectivity index (χ3n) is 1.61. The minimum absolute atomic E-state index is 0.513. The Labute approximate surface area is 75.8 Å². The zero-order valence-corrected chi connectivity index (χ0v) is 7.27. The van der Waals surface area contributed by atoms with Gasteiger partial charge in [0.15, 0.2) is 0 Å². The number of nitrogens with one attached hydrogen (secondary N) is 1. The van der Waals surface area contributed by atoms with E-state index in [0.29, 0.717) is 12.2 Å². The van der Waals surface area contributed by atoms with Crippen LogP contribution in [0.5, 0.6) is 0 Å². The predicted molar refractivity (Wildman–Crippen MR) is 47.4 cm³/mol. The molecule has 0 fully saturated rings. The van der Waals surface area contributed by atoms with Crippen LogP contribution >= 0.6 is 0 Å². The van der Waals surface area contributed by atoms with Crippen molar-refractivity contribution in [1.29, 1.82) is 0 Å². The zero-order chi connectivity index (χ0) is 9.68. The Hall–Kier alpha value is -1.65. The van der Waals surface area contributed by atoms with E-state index >= 15 is 0 Å². The van der Waals surface area contributed by atoms with Crippen LogP contribution in [0.15, 0.2) is 18.6 Å². The molecule has 2 N–H and O–H groups in total. The number of hydrogen-bond donors (Lipinski definition) is 2. The van der Waals surface area contributed by atoms with Gasteiger partial charge >= 0.3 is 5.97 Å². The minimum Gasteiger partial charge on any atom is -0.480 e. The maximum atomic E-state index is 10.6. The monoisotopic (exact) mass is 181 g/mol. The average molecular weight is 181 g/mol. The van der Waals surface area contributed by atoms with Crippen LogP contribution in [-0.2, 0) is 4.79 Å². The second-order valence-electron chi connectivity index (χ2n) is 2.54. The summed E-state index contributed by atoms with van der Waals surface area (Å²) in [5, 5.41) is 11.5. The first-order valence-electron chi connectivity index (χ1n) is 3.99. The number of aromatic nitrogens is 2.